The fourth-order valence-corrected chi connectivity index (χ4v) is 1.77. The van der Waals surface area contributed by atoms with E-state index in [1.165, 1.54) is 6.21 Å². The number of rotatable bonds is 5. The molecule has 0 saturated heterocycles. The summed E-state index contributed by atoms with van der Waals surface area (Å²) in [6, 6.07) is 12.6. The van der Waals surface area contributed by atoms with E-state index in [-0.39, 0.29) is 18.3 Å². The van der Waals surface area contributed by atoms with Gasteiger partial charge in [0.25, 0.3) is 5.91 Å². The van der Waals surface area contributed by atoms with Gasteiger partial charge in [-0.05, 0) is 38.1 Å². The van der Waals surface area contributed by atoms with Crippen LogP contribution in [-0.4, -0.2) is 23.8 Å². The smallest absolute Gasteiger partial charge is 0.277 e. The van der Waals surface area contributed by atoms with Gasteiger partial charge in [0.1, 0.15) is 11.5 Å². The summed E-state index contributed by atoms with van der Waals surface area (Å²) in [5.41, 5.74) is 5.01. The number of carbonyl (C=O) groups excluding carboxylic acids is 1. The highest BCUT2D eigenvalue weighted by Gasteiger charge is 2.02. The zero-order chi connectivity index (χ0) is 15.9. The first-order chi connectivity index (χ1) is 10.5. The second-order valence-corrected chi connectivity index (χ2v) is 4.96. The van der Waals surface area contributed by atoms with Crippen LogP contribution < -0.4 is 10.2 Å². The molecular weight excluding hydrogens is 280 g/mol. The van der Waals surface area contributed by atoms with Crippen molar-refractivity contribution in [2.75, 3.05) is 6.61 Å². The van der Waals surface area contributed by atoms with Crippen molar-refractivity contribution in [2.24, 2.45) is 5.10 Å². The summed E-state index contributed by atoms with van der Waals surface area (Å²) in [6.07, 6.45) is 1.39. The normalized spacial score (nSPS) is 10.6. The molecule has 0 saturated carbocycles. The van der Waals surface area contributed by atoms with E-state index in [4.69, 9.17) is 4.74 Å². The largest absolute Gasteiger partial charge is 0.507 e. The molecule has 22 heavy (non-hydrogen) atoms. The molecule has 0 atom stereocenters. The van der Waals surface area contributed by atoms with Gasteiger partial charge in [0, 0.05) is 5.56 Å². The summed E-state index contributed by atoms with van der Waals surface area (Å²) in [4.78, 5) is 11.6. The molecule has 2 N–H and O–H groups in total. The maximum Gasteiger partial charge on any atom is 0.277 e. The average Bonchev–Trinajstić information content (AvgIpc) is 2.50. The van der Waals surface area contributed by atoms with Gasteiger partial charge >= 0.3 is 0 Å². The minimum atomic E-state index is -0.371. The summed E-state index contributed by atoms with van der Waals surface area (Å²) in [7, 11) is 0. The summed E-state index contributed by atoms with van der Waals surface area (Å²) in [5.74, 6) is 0.365. The van der Waals surface area contributed by atoms with Crippen molar-refractivity contribution >= 4 is 12.1 Å². The molecular formula is C17H18N2O3. The molecule has 2 aromatic carbocycles. The number of nitrogens with zero attached hydrogens (tertiary/aromatic N) is 1. The van der Waals surface area contributed by atoms with Gasteiger partial charge in [-0.2, -0.15) is 5.10 Å². The Hall–Kier alpha value is -2.82. The number of carbonyl (C=O) groups is 1. The topological polar surface area (TPSA) is 70.9 Å². The highest BCUT2D eigenvalue weighted by molar-refractivity contribution is 5.85. The van der Waals surface area contributed by atoms with Crippen molar-refractivity contribution in [1.82, 2.24) is 5.43 Å². The van der Waals surface area contributed by atoms with Crippen LogP contribution in [0.3, 0.4) is 0 Å². The van der Waals surface area contributed by atoms with E-state index in [0.717, 1.165) is 11.1 Å². The maximum absolute atomic E-state index is 11.6. The van der Waals surface area contributed by atoms with Gasteiger partial charge in [0.15, 0.2) is 6.61 Å². The van der Waals surface area contributed by atoms with Crippen LogP contribution in [0.1, 0.15) is 16.7 Å². The number of amides is 1. The Kier molecular flexibility index (Phi) is 5.14. The quantitative estimate of drug-likeness (QED) is 0.658. The monoisotopic (exact) mass is 298 g/mol. The third-order valence-electron chi connectivity index (χ3n) is 2.97. The van der Waals surface area contributed by atoms with E-state index in [2.05, 4.69) is 10.5 Å². The van der Waals surface area contributed by atoms with E-state index >= 15 is 0 Å². The molecule has 0 aliphatic heterocycles. The lowest BCUT2D eigenvalue weighted by molar-refractivity contribution is -0.123. The predicted molar refractivity (Wildman–Crippen MR) is 85.3 cm³/mol. The molecule has 0 aliphatic rings. The van der Waals surface area contributed by atoms with Crippen LogP contribution in [0.2, 0.25) is 0 Å². The zero-order valence-corrected chi connectivity index (χ0v) is 12.5. The summed E-state index contributed by atoms with van der Waals surface area (Å²) < 4.78 is 5.33. The number of phenols is 1. The van der Waals surface area contributed by atoms with Gasteiger partial charge in [-0.1, -0.05) is 29.3 Å². The third-order valence-corrected chi connectivity index (χ3v) is 2.97. The molecule has 2 rings (SSSR count). The molecule has 0 heterocycles. The van der Waals surface area contributed by atoms with E-state index in [1.807, 2.05) is 26.0 Å². The first-order valence-electron chi connectivity index (χ1n) is 6.85. The van der Waals surface area contributed by atoms with Crippen molar-refractivity contribution in [2.45, 2.75) is 13.8 Å². The van der Waals surface area contributed by atoms with Gasteiger partial charge in [0.05, 0.1) is 6.21 Å². The molecule has 0 radical (unpaired) electrons. The van der Waals surface area contributed by atoms with Crippen LogP contribution in [0, 0.1) is 13.8 Å². The fraction of sp³-hybridized carbons (Fsp3) is 0.176. The first-order valence-corrected chi connectivity index (χ1v) is 6.85. The number of hydrogen-bond acceptors (Lipinski definition) is 4. The number of phenolic OH excluding ortho intramolecular Hbond substituents is 1. The molecule has 0 bridgehead atoms. The van der Waals surface area contributed by atoms with E-state index in [0.29, 0.717) is 11.3 Å². The Balaban J connectivity index is 1.83. The predicted octanol–water partition coefficient (Wildman–Crippen LogP) is 2.54. The van der Waals surface area contributed by atoms with Gasteiger partial charge in [-0.3, -0.25) is 4.79 Å². The Morgan fingerprint density at radius 2 is 1.86 bits per heavy atom. The SMILES string of the molecule is Cc1ccc(OCC(=O)N/N=C/c2cc(C)ccc2O)cc1. The van der Waals surface area contributed by atoms with E-state index in [1.54, 1.807) is 30.3 Å². The molecule has 0 aliphatic carbocycles. The number of hydrazone groups is 1. The molecule has 0 unspecified atom stereocenters. The van der Waals surface area contributed by atoms with Crippen molar-refractivity contribution in [3.8, 4) is 11.5 Å². The lowest BCUT2D eigenvalue weighted by atomic mass is 10.1. The third kappa shape index (κ3) is 4.63. The van der Waals surface area contributed by atoms with Crippen LogP contribution >= 0.6 is 0 Å². The molecule has 1 amide bonds. The molecule has 114 valence electrons. The Bertz CT molecular complexity index is 679. The molecule has 2 aromatic rings. The second-order valence-electron chi connectivity index (χ2n) is 4.96. The average molecular weight is 298 g/mol. The number of ether oxygens (including phenoxy) is 1. The highest BCUT2D eigenvalue weighted by Crippen LogP contribution is 2.15. The molecule has 5 heteroatoms. The number of nitrogens with one attached hydrogen (secondary N) is 1. The fourth-order valence-electron chi connectivity index (χ4n) is 1.77. The van der Waals surface area contributed by atoms with Crippen molar-refractivity contribution in [1.29, 1.82) is 0 Å². The summed E-state index contributed by atoms with van der Waals surface area (Å²) in [5, 5.41) is 13.5. The van der Waals surface area contributed by atoms with Gasteiger partial charge in [-0.15, -0.1) is 0 Å². The molecule has 5 nitrogen and oxygen atoms in total. The Morgan fingerprint density at radius 1 is 1.18 bits per heavy atom. The molecule has 0 aromatic heterocycles. The van der Waals surface area contributed by atoms with Gasteiger partial charge in [0.2, 0.25) is 0 Å². The van der Waals surface area contributed by atoms with Crippen LogP contribution in [0.4, 0.5) is 0 Å². The van der Waals surface area contributed by atoms with Crippen LogP contribution in [0.15, 0.2) is 47.6 Å². The lowest BCUT2D eigenvalue weighted by Crippen LogP contribution is -2.24. The Labute approximate surface area is 129 Å². The maximum atomic E-state index is 11.6. The first kappa shape index (κ1) is 15.6. The van der Waals surface area contributed by atoms with Crippen molar-refractivity contribution < 1.29 is 14.6 Å². The number of hydrogen-bond donors (Lipinski definition) is 2. The number of aromatic hydroxyl groups is 1. The summed E-state index contributed by atoms with van der Waals surface area (Å²) in [6.45, 7) is 3.76. The highest BCUT2D eigenvalue weighted by atomic mass is 16.5. The van der Waals surface area contributed by atoms with Gasteiger partial charge in [-0.25, -0.2) is 5.43 Å². The second kappa shape index (κ2) is 7.26. The molecule has 0 spiro atoms. The van der Waals surface area contributed by atoms with E-state index in [9.17, 15) is 9.90 Å². The van der Waals surface area contributed by atoms with Crippen LogP contribution in [-0.2, 0) is 4.79 Å². The zero-order valence-electron chi connectivity index (χ0n) is 12.5. The van der Waals surface area contributed by atoms with Crippen LogP contribution in [0.5, 0.6) is 11.5 Å². The van der Waals surface area contributed by atoms with Crippen LogP contribution in [0.25, 0.3) is 0 Å². The Morgan fingerprint density at radius 3 is 2.59 bits per heavy atom. The minimum absolute atomic E-state index is 0.111. The standard InChI is InChI=1S/C17H18N2O3/c1-12-3-6-15(7-4-12)22-11-17(21)19-18-10-14-9-13(2)5-8-16(14)20/h3-10,20H,11H2,1-2H3,(H,19,21)/b18-10+. The van der Waals surface area contributed by atoms with Crippen molar-refractivity contribution in [3.63, 3.8) is 0 Å². The van der Waals surface area contributed by atoms with Crippen molar-refractivity contribution in [3.05, 3.63) is 59.2 Å². The number of benzene rings is 2. The van der Waals surface area contributed by atoms with E-state index < -0.39 is 0 Å². The number of aryl methyl sites for hydroxylation is 2. The lowest BCUT2D eigenvalue weighted by Gasteiger charge is -2.05. The summed E-state index contributed by atoms with van der Waals surface area (Å²) >= 11 is 0. The minimum Gasteiger partial charge on any atom is -0.507 e. The molecule has 0 fully saturated rings. The van der Waals surface area contributed by atoms with Gasteiger partial charge < -0.3 is 9.84 Å².